The fourth-order valence-corrected chi connectivity index (χ4v) is 4.69. The second kappa shape index (κ2) is 6.52. The molecular weight excluding hydrogens is 332 g/mol. The summed E-state index contributed by atoms with van der Waals surface area (Å²) in [6.45, 7) is 1.19. The number of anilines is 1. The van der Waals surface area contributed by atoms with E-state index in [4.69, 9.17) is 5.11 Å². The number of piperidine rings is 1. The molecule has 3 rings (SSSR count). The normalized spacial score (nSPS) is 22.8. The van der Waals surface area contributed by atoms with Gasteiger partial charge >= 0.3 is 5.97 Å². The standard InChI is InChI=1S/C16H20N2O5S/c19-15-10-12(16(20)21)11-18(15)13-4-6-14(7-5-13)24(22,23)17-8-2-1-3-9-17/h4-7,12H,1-3,8-11H2,(H,20,21). The van der Waals surface area contributed by atoms with Gasteiger partial charge < -0.3 is 10.0 Å². The van der Waals surface area contributed by atoms with Gasteiger partial charge in [0.05, 0.1) is 10.8 Å². The number of hydrogen-bond acceptors (Lipinski definition) is 4. The van der Waals surface area contributed by atoms with Gasteiger partial charge in [0.15, 0.2) is 0 Å². The Morgan fingerprint density at radius 2 is 1.71 bits per heavy atom. The maximum Gasteiger partial charge on any atom is 0.308 e. The maximum absolute atomic E-state index is 12.6. The Morgan fingerprint density at radius 1 is 1.08 bits per heavy atom. The molecule has 0 spiro atoms. The van der Waals surface area contributed by atoms with Crippen LogP contribution in [0, 0.1) is 5.92 Å². The molecule has 1 atom stereocenters. The molecule has 2 fully saturated rings. The van der Waals surface area contributed by atoms with Gasteiger partial charge in [-0.05, 0) is 37.1 Å². The summed E-state index contributed by atoms with van der Waals surface area (Å²) in [5, 5.41) is 9.03. The van der Waals surface area contributed by atoms with Gasteiger partial charge in [-0.15, -0.1) is 0 Å². The van der Waals surface area contributed by atoms with E-state index in [-0.39, 0.29) is 23.8 Å². The van der Waals surface area contributed by atoms with Crippen LogP contribution >= 0.6 is 0 Å². The Hall–Kier alpha value is -1.93. The number of carbonyl (C=O) groups is 2. The Balaban J connectivity index is 1.78. The molecule has 2 saturated heterocycles. The summed E-state index contributed by atoms with van der Waals surface area (Å²) in [6, 6.07) is 6.11. The number of amides is 1. The zero-order valence-corrected chi connectivity index (χ0v) is 14.0. The summed E-state index contributed by atoms with van der Waals surface area (Å²) < 4.78 is 26.7. The van der Waals surface area contributed by atoms with Gasteiger partial charge in [0.2, 0.25) is 15.9 Å². The zero-order valence-electron chi connectivity index (χ0n) is 13.2. The predicted octanol–water partition coefficient (Wildman–Crippen LogP) is 1.30. The minimum absolute atomic E-state index is 0.0246. The fourth-order valence-electron chi connectivity index (χ4n) is 3.17. The van der Waals surface area contributed by atoms with Crippen molar-refractivity contribution in [3.63, 3.8) is 0 Å². The number of benzene rings is 1. The van der Waals surface area contributed by atoms with Crippen LogP contribution in [-0.4, -0.2) is 49.3 Å². The highest BCUT2D eigenvalue weighted by Crippen LogP contribution is 2.27. The molecular formula is C16H20N2O5S. The zero-order chi connectivity index (χ0) is 17.3. The molecule has 2 heterocycles. The number of carboxylic acids is 1. The molecule has 1 amide bonds. The van der Waals surface area contributed by atoms with E-state index in [0.717, 1.165) is 19.3 Å². The number of aliphatic carboxylic acids is 1. The third kappa shape index (κ3) is 3.16. The van der Waals surface area contributed by atoms with Crippen molar-refractivity contribution in [3.05, 3.63) is 24.3 Å². The quantitative estimate of drug-likeness (QED) is 0.881. The lowest BCUT2D eigenvalue weighted by atomic mass is 10.1. The minimum Gasteiger partial charge on any atom is -0.481 e. The molecule has 1 N–H and O–H groups in total. The molecule has 0 radical (unpaired) electrons. The second-order valence-corrected chi connectivity index (χ2v) is 8.14. The summed E-state index contributed by atoms with van der Waals surface area (Å²) in [6.07, 6.45) is 2.77. The van der Waals surface area contributed by atoms with Crippen molar-refractivity contribution in [1.29, 1.82) is 0 Å². The first-order valence-electron chi connectivity index (χ1n) is 8.03. The van der Waals surface area contributed by atoms with Crippen molar-refractivity contribution < 1.29 is 23.1 Å². The second-order valence-electron chi connectivity index (χ2n) is 6.20. The van der Waals surface area contributed by atoms with Gasteiger partial charge in [-0.2, -0.15) is 4.31 Å². The molecule has 0 aliphatic carbocycles. The van der Waals surface area contributed by atoms with Gasteiger partial charge in [0, 0.05) is 31.7 Å². The van der Waals surface area contributed by atoms with E-state index in [1.807, 2.05) is 0 Å². The highest BCUT2D eigenvalue weighted by Gasteiger charge is 2.35. The van der Waals surface area contributed by atoms with E-state index in [0.29, 0.717) is 18.8 Å². The molecule has 2 aliphatic heterocycles. The first kappa shape index (κ1) is 16.9. The molecule has 1 aromatic carbocycles. The van der Waals surface area contributed by atoms with Crippen LogP contribution < -0.4 is 4.90 Å². The van der Waals surface area contributed by atoms with E-state index in [1.54, 1.807) is 12.1 Å². The average molecular weight is 352 g/mol. The predicted molar refractivity (Wildman–Crippen MR) is 87.1 cm³/mol. The summed E-state index contributed by atoms with van der Waals surface area (Å²) in [7, 11) is -3.50. The summed E-state index contributed by atoms with van der Waals surface area (Å²) in [4.78, 5) is 24.6. The first-order chi connectivity index (χ1) is 11.4. The molecule has 0 saturated carbocycles. The highest BCUT2D eigenvalue weighted by molar-refractivity contribution is 7.89. The van der Waals surface area contributed by atoms with E-state index in [1.165, 1.54) is 21.3 Å². The molecule has 7 nitrogen and oxygen atoms in total. The van der Waals surface area contributed by atoms with Crippen LogP contribution in [0.1, 0.15) is 25.7 Å². The van der Waals surface area contributed by atoms with Crippen LogP contribution in [0.3, 0.4) is 0 Å². The topological polar surface area (TPSA) is 95.0 Å². The van der Waals surface area contributed by atoms with E-state index in [2.05, 4.69) is 0 Å². The summed E-state index contributed by atoms with van der Waals surface area (Å²) >= 11 is 0. The molecule has 24 heavy (non-hydrogen) atoms. The van der Waals surface area contributed by atoms with Crippen molar-refractivity contribution in [2.45, 2.75) is 30.6 Å². The Kier molecular flexibility index (Phi) is 4.60. The molecule has 1 unspecified atom stereocenters. The molecule has 1 aromatic rings. The van der Waals surface area contributed by atoms with E-state index >= 15 is 0 Å². The molecule has 130 valence electrons. The fraction of sp³-hybridized carbons (Fsp3) is 0.500. The third-order valence-electron chi connectivity index (χ3n) is 4.58. The monoisotopic (exact) mass is 352 g/mol. The Morgan fingerprint density at radius 3 is 2.25 bits per heavy atom. The molecule has 8 heteroatoms. The number of hydrogen-bond donors (Lipinski definition) is 1. The minimum atomic E-state index is -3.50. The van der Waals surface area contributed by atoms with Crippen LogP contribution in [-0.2, 0) is 19.6 Å². The third-order valence-corrected chi connectivity index (χ3v) is 6.49. The lowest BCUT2D eigenvalue weighted by Crippen LogP contribution is -2.35. The van der Waals surface area contributed by atoms with Crippen molar-refractivity contribution in [3.8, 4) is 0 Å². The SMILES string of the molecule is O=C(O)C1CC(=O)N(c2ccc(S(=O)(=O)N3CCCCC3)cc2)C1. The maximum atomic E-state index is 12.6. The van der Waals surface area contributed by atoms with Crippen molar-refractivity contribution >= 4 is 27.6 Å². The number of sulfonamides is 1. The van der Waals surface area contributed by atoms with Crippen LogP contribution in [0.2, 0.25) is 0 Å². The average Bonchev–Trinajstić information content (AvgIpc) is 2.98. The number of carbonyl (C=O) groups excluding carboxylic acids is 1. The van der Waals surface area contributed by atoms with Gasteiger partial charge in [0.1, 0.15) is 0 Å². The smallest absolute Gasteiger partial charge is 0.308 e. The summed E-state index contributed by atoms with van der Waals surface area (Å²) in [5.74, 6) is -1.96. The Labute approximate surface area is 140 Å². The largest absolute Gasteiger partial charge is 0.481 e. The van der Waals surface area contributed by atoms with Crippen LogP contribution in [0.15, 0.2) is 29.2 Å². The van der Waals surface area contributed by atoms with E-state index in [9.17, 15) is 18.0 Å². The summed E-state index contributed by atoms with van der Waals surface area (Å²) in [5.41, 5.74) is 0.529. The van der Waals surface area contributed by atoms with Crippen molar-refractivity contribution in [1.82, 2.24) is 4.31 Å². The van der Waals surface area contributed by atoms with Gasteiger partial charge in [-0.25, -0.2) is 8.42 Å². The number of rotatable bonds is 4. The van der Waals surface area contributed by atoms with Crippen LogP contribution in [0.25, 0.3) is 0 Å². The highest BCUT2D eigenvalue weighted by atomic mass is 32.2. The first-order valence-corrected chi connectivity index (χ1v) is 9.47. The molecule has 0 aromatic heterocycles. The van der Waals surface area contributed by atoms with Gasteiger partial charge in [-0.1, -0.05) is 6.42 Å². The van der Waals surface area contributed by atoms with Gasteiger partial charge in [0.25, 0.3) is 0 Å². The van der Waals surface area contributed by atoms with Crippen molar-refractivity contribution in [2.75, 3.05) is 24.5 Å². The van der Waals surface area contributed by atoms with Gasteiger partial charge in [-0.3, -0.25) is 9.59 Å². The number of carboxylic acid groups (broad SMARTS) is 1. The van der Waals surface area contributed by atoms with Crippen LogP contribution in [0.4, 0.5) is 5.69 Å². The van der Waals surface area contributed by atoms with Crippen molar-refractivity contribution in [2.24, 2.45) is 5.92 Å². The number of nitrogens with zero attached hydrogens (tertiary/aromatic N) is 2. The van der Waals surface area contributed by atoms with E-state index < -0.39 is 21.9 Å². The Bertz CT molecular complexity index is 738. The van der Waals surface area contributed by atoms with Crippen LogP contribution in [0.5, 0.6) is 0 Å². The molecule has 2 aliphatic rings. The molecule has 0 bridgehead atoms. The lowest BCUT2D eigenvalue weighted by molar-refractivity contribution is -0.141. The lowest BCUT2D eigenvalue weighted by Gasteiger charge is -2.26.